The van der Waals surface area contributed by atoms with E-state index in [0.29, 0.717) is 12.3 Å². The summed E-state index contributed by atoms with van der Waals surface area (Å²) in [5.41, 5.74) is 8.99. The average Bonchev–Trinajstić information content (AvgIpc) is 2.39. The van der Waals surface area contributed by atoms with Crippen molar-refractivity contribution in [2.45, 2.75) is 20.0 Å². The summed E-state index contributed by atoms with van der Waals surface area (Å²) in [5.74, 6) is 0.739. The van der Waals surface area contributed by atoms with Gasteiger partial charge in [-0.1, -0.05) is 47.1 Å². The fraction of sp³-hybridized carbons (Fsp3) is 0.200. The third kappa shape index (κ3) is 3.05. The summed E-state index contributed by atoms with van der Waals surface area (Å²) >= 11 is 3.50. The normalized spacial score (nSPS) is 10.3. The van der Waals surface area contributed by atoms with E-state index in [-0.39, 0.29) is 0 Å². The highest BCUT2D eigenvalue weighted by Crippen LogP contribution is 2.25. The number of anilines is 1. The molecule has 0 amide bonds. The Bertz CT molecular complexity index is 540. The molecule has 0 spiro atoms. The molecule has 0 heterocycles. The lowest BCUT2D eigenvalue weighted by atomic mass is 10.1. The van der Waals surface area contributed by atoms with Crippen LogP contribution in [0.3, 0.4) is 0 Å². The molecule has 0 aliphatic carbocycles. The number of rotatable bonds is 4. The summed E-state index contributed by atoms with van der Waals surface area (Å²) < 4.78 is 6.80. The maximum absolute atomic E-state index is 5.96. The van der Waals surface area contributed by atoms with Crippen LogP contribution < -0.4 is 10.5 Å². The highest BCUT2D eigenvalue weighted by atomic mass is 79.9. The molecule has 0 atom stereocenters. The minimum absolute atomic E-state index is 0.511. The van der Waals surface area contributed by atoms with Gasteiger partial charge in [-0.2, -0.15) is 0 Å². The molecule has 0 radical (unpaired) electrons. The van der Waals surface area contributed by atoms with Gasteiger partial charge < -0.3 is 10.5 Å². The van der Waals surface area contributed by atoms with Gasteiger partial charge in [-0.3, -0.25) is 0 Å². The molecule has 0 aromatic heterocycles. The molecule has 2 aromatic rings. The molecule has 2 N–H and O–H groups in total. The maximum Gasteiger partial charge on any atom is 0.142 e. The molecule has 0 saturated heterocycles. The van der Waals surface area contributed by atoms with Crippen LogP contribution in [0.15, 0.2) is 46.9 Å². The molecule has 2 aromatic carbocycles. The number of nitrogen functional groups attached to an aromatic ring is 1. The standard InChI is InChI=1S/C15H16BrNO/c1-2-11-7-8-15(14(17)9-11)18-10-12-5-3-4-6-13(12)16/h3-9H,2,10,17H2,1H3. The molecule has 94 valence electrons. The van der Waals surface area contributed by atoms with Crippen molar-refractivity contribution in [1.29, 1.82) is 0 Å². The molecule has 3 heteroatoms. The van der Waals surface area contributed by atoms with Crippen molar-refractivity contribution in [3.63, 3.8) is 0 Å². The second-order valence-corrected chi connectivity index (χ2v) is 4.96. The van der Waals surface area contributed by atoms with E-state index >= 15 is 0 Å². The van der Waals surface area contributed by atoms with Crippen LogP contribution in [0.1, 0.15) is 18.1 Å². The lowest BCUT2D eigenvalue weighted by molar-refractivity contribution is 0.307. The van der Waals surface area contributed by atoms with Crippen molar-refractivity contribution in [2.24, 2.45) is 0 Å². The maximum atomic E-state index is 5.96. The fourth-order valence-corrected chi connectivity index (χ4v) is 2.12. The molecule has 0 aliphatic rings. The zero-order valence-corrected chi connectivity index (χ0v) is 11.9. The van der Waals surface area contributed by atoms with Gasteiger partial charge in [0.1, 0.15) is 12.4 Å². The van der Waals surface area contributed by atoms with Crippen LogP contribution in [0.4, 0.5) is 5.69 Å². The van der Waals surface area contributed by atoms with E-state index in [1.807, 2.05) is 42.5 Å². The summed E-state index contributed by atoms with van der Waals surface area (Å²) in [4.78, 5) is 0. The number of hydrogen-bond donors (Lipinski definition) is 1. The zero-order chi connectivity index (χ0) is 13.0. The molecule has 18 heavy (non-hydrogen) atoms. The molecule has 0 saturated carbocycles. The van der Waals surface area contributed by atoms with E-state index in [2.05, 4.69) is 22.9 Å². The Morgan fingerprint density at radius 2 is 1.94 bits per heavy atom. The van der Waals surface area contributed by atoms with Crippen LogP contribution in [-0.4, -0.2) is 0 Å². The second-order valence-electron chi connectivity index (χ2n) is 4.11. The Kier molecular flexibility index (Phi) is 4.26. The van der Waals surface area contributed by atoms with Crippen LogP contribution in [0.25, 0.3) is 0 Å². The number of halogens is 1. The summed E-state index contributed by atoms with van der Waals surface area (Å²) in [6.45, 7) is 2.62. The number of hydrogen-bond acceptors (Lipinski definition) is 2. The highest BCUT2D eigenvalue weighted by Gasteiger charge is 2.03. The first-order valence-electron chi connectivity index (χ1n) is 5.95. The zero-order valence-electron chi connectivity index (χ0n) is 10.3. The van der Waals surface area contributed by atoms with Crippen molar-refractivity contribution >= 4 is 21.6 Å². The summed E-state index contributed by atoms with van der Waals surface area (Å²) in [5, 5.41) is 0. The van der Waals surface area contributed by atoms with Crippen molar-refractivity contribution in [3.05, 3.63) is 58.1 Å². The summed E-state index contributed by atoms with van der Waals surface area (Å²) in [7, 11) is 0. The molecule has 0 fully saturated rings. The van der Waals surface area contributed by atoms with E-state index < -0.39 is 0 Å². The van der Waals surface area contributed by atoms with E-state index in [9.17, 15) is 0 Å². The first-order chi connectivity index (χ1) is 8.70. The number of aryl methyl sites for hydroxylation is 1. The van der Waals surface area contributed by atoms with Crippen LogP contribution in [-0.2, 0) is 13.0 Å². The predicted octanol–water partition coefficient (Wildman–Crippen LogP) is 4.17. The smallest absolute Gasteiger partial charge is 0.142 e. The van der Waals surface area contributed by atoms with Crippen LogP contribution >= 0.6 is 15.9 Å². The average molecular weight is 306 g/mol. The highest BCUT2D eigenvalue weighted by molar-refractivity contribution is 9.10. The van der Waals surface area contributed by atoms with Gasteiger partial charge in [-0.15, -0.1) is 0 Å². The van der Waals surface area contributed by atoms with Crippen LogP contribution in [0, 0.1) is 0 Å². The Morgan fingerprint density at radius 3 is 2.61 bits per heavy atom. The molecule has 0 unspecified atom stereocenters. The predicted molar refractivity (Wildman–Crippen MR) is 78.7 cm³/mol. The quantitative estimate of drug-likeness (QED) is 0.860. The van der Waals surface area contributed by atoms with Crippen molar-refractivity contribution < 1.29 is 4.74 Å². The van der Waals surface area contributed by atoms with E-state index in [1.165, 1.54) is 5.56 Å². The van der Waals surface area contributed by atoms with Gasteiger partial charge in [-0.25, -0.2) is 0 Å². The summed E-state index contributed by atoms with van der Waals surface area (Å²) in [6, 6.07) is 14.0. The van der Waals surface area contributed by atoms with Gasteiger partial charge in [0.05, 0.1) is 5.69 Å². The third-order valence-corrected chi connectivity index (χ3v) is 3.60. The molecule has 0 bridgehead atoms. The van der Waals surface area contributed by atoms with Crippen molar-refractivity contribution in [2.75, 3.05) is 5.73 Å². The van der Waals surface area contributed by atoms with Gasteiger partial charge in [0.25, 0.3) is 0 Å². The largest absolute Gasteiger partial charge is 0.487 e. The SMILES string of the molecule is CCc1ccc(OCc2ccccc2Br)c(N)c1. The molecular formula is C15H16BrNO. The Labute approximate surface area is 116 Å². The minimum atomic E-state index is 0.511. The Morgan fingerprint density at radius 1 is 1.17 bits per heavy atom. The van der Waals surface area contributed by atoms with Crippen LogP contribution in [0.2, 0.25) is 0 Å². The van der Waals surface area contributed by atoms with Gasteiger partial charge in [-0.05, 0) is 30.2 Å². The fourth-order valence-electron chi connectivity index (χ4n) is 1.72. The second kappa shape index (κ2) is 5.91. The van der Waals surface area contributed by atoms with Crippen molar-refractivity contribution in [3.8, 4) is 5.75 Å². The first-order valence-corrected chi connectivity index (χ1v) is 6.74. The minimum Gasteiger partial charge on any atom is -0.487 e. The lowest BCUT2D eigenvalue weighted by Crippen LogP contribution is -2.00. The van der Waals surface area contributed by atoms with Gasteiger partial charge in [0.15, 0.2) is 0 Å². The topological polar surface area (TPSA) is 35.2 Å². The monoisotopic (exact) mass is 305 g/mol. The van der Waals surface area contributed by atoms with Crippen LogP contribution in [0.5, 0.6) is 5.75 Å². The lowest BCUT2D eigenvalue weighted by Gasteiger charge is -2.11. The molecular weight excluding hydrogens is 290 g/mol. The van der Waals surface area contributed by atoms with E-state index in [0.717, 1.165) is 22.2 Å². The van der Waals surface area contributed by atoms with Crippen molar-refractivity contribution in [1.82, 2.24) is 0 Å². The Hall–Kier alpha value is -1.48. The first kappa shape index (κ1) is 13.0. The van der Waals surface area contributed by atoms with Gasteiger partial charge in [0, 0.05) is 10.0 Å². The molecule has 0 aliphatic heterocycles. The number of ether oxygens (including phenoxy) is 1. The Balaban J connectivity index is 2.09. The van der Waals surface area contributed by atoms with Gasteiger partial charge in [0.2, 0.25) is 0 Å². The number of benzene rings is 2. The van der Waals surface area contributed by atoms with E-state index in [1.54, 1.807) is 0 Å². The third-order valence-electron chi connectivity index (χ3n) is 2.82. The van der Waals surface area contributed by atoms with E-state index in [4.69, 9.17) is 10.5 Å². The molecule has 2 rings (SSSR count). The summed E-state index contributed by atoms with van der Waals surface area (Å²) in [6.07, 6.45) is 0.981. The number of nitrogens with two attached hydrogens (primary N) is 1. The van der Waals surface area contributed by atoms with Gasteiger partial charge >= 0.3 is 0 Å². The molecule has 2 nitrogen and oxygen atoms in total.